The molecule has 0 aliphatic heterocycles. The zero-order valence-electron chi connectivity index (χ0n) is 9.88. The molecule has 0 saturated heterocycles. The lowest BCUT2D eigenvalue weighted by molar-refractivity contribution is 0.320. The lowest BCUT2D eigenvalue weighted by Crippen LogP contribution is -2.38. The topological polar surface area (TPSA) is 12.0 Å². The van der Waals surface area contributed by atoms with Gasteiger partial charge >= 0.3 is 0 Å². The molecule has 0 spiro atoms. The summed E-state index contributed by atoms with van der Waals surface area (Å²) in [5.41, 5.74) is 1.10. The van der Waals surface area contributed by atoms with E-state index in [1.165, 1.54) is 25.3 Å². The number of halogens is 1. The Morgan fingerprint density at radius 3 is 2.88 bits per heavy atom. The Kier molecular flexibility index (Phi) is 3.94. The molecule has 1 aromatic carbocycles. The summed E-state index contributed by atoms with van der Waals surface area (Å²) < 4.78 is 13.0. The van der Waals surface area contributed by atoms with Gasteiger partial charge in [-0.1, -0.05) is 25.5 Å². The first kappa shape index (κ1) is 11.6. The van der Waals surface area contributed by atoms with Crippen LogP contribution in [0.1, 0.15) is 31.7 Å². The molecule has 1 aliphatic rings. The van der Waals surface area contributed by atoms with Crippen molar-refractivity contribution in [2.24, 2.45) is 5.92 Å². The normalized spacial score (nSPS) is 18.1. The summed E-state index contributed by atoms with van der Waals surface area (Å²) in [6, 6.07) is 7.68. The van der Waals surface area contributed by atoms with Gasteiger partial charge in [-0.2, -0.15) is 0 Å². The van der Waals surface area contributed by atoms with E-state index in [0.29, 0.717) is 5.92 Å². The van der Waals surface area contributed by atoms with Crippen LogP contribution in [0, 0.1) is 11.7 Å². The van der Waals surface area contributed by atoms with Crippen molar-refractivity contribution in [2.45, 2.75) is 38.6 Å². The van der Waals surface area contributed by atoms with E-state index >= 15 is 0 Å². The van der Waals surface area contributed by atoms with E-state index < -0.39 is 0 Å². The maximum absolute atomic E-state index is 13.0. The summed E-state index contributed by atoms with van der Waals surface area (Å²) in [6.07, 6.45) is 4.98. The highest BCUT2D eigenvalue weighted by Crippen LogP contribution is 2.18. The molecule has 0 aromatic heterocycles. The summed E-state index contributed by atoms with van der Waals surface area (Å²) in [7, 11) is 0. The van der Waals surface area contributed by atoms with Crippen molar-refractivity contribution in [3.05, 3.63) is 35.6 Å². The van der Waals surface area contributed by atoms with Crippen molar-refractivity contribution >= 4 is 0 Å². The third-order valence-corrected chi connectivity index (χ3v) is 3.33. The van der Waals surface area contributed by atoms with Crippen molar-refractivity contribution < 1.29 is 4.39 Å². The highest BCUT2D eigenvalue weighted by molar-refractivity contribution is 5.16. The zero-order valence-corrected chi connectivity index (χ0v) is 9.88. The van der Waals surface area contributed by atoms with Crippen LogP contribution in [-0.2, 0) is 6.42 Å². The van der Waals surface area contributed by atoms with Gasteiger partial charge in [-0.3, -0.25) is 0 Å². The van der Waals surface area contributed by atoms with Gasteiger partial charge in [-0.15, -0.1) is 0 Å². The van der Waals surface area contributed by atoms with Crippen LogP contribution in [0.25, 0.3) is 0 Å². The predicted octanol–water partition coefficient (Wildman–Crippen LogP) is 3.15. The lowest BCUT2D eigenvalue weighted by Gasteiger charge is -2.28. The lowest BCUT2D eigenvalue weighted by atomic mass is 9.92. The van der Waals surface area contributed by atoms with Crippen LogP contribution in [0.2, 0.25) is 0 Å². The Bertz CT molecular complexity index is 333. The molecule has 0 radical (unpaired) electrons. The highest BCUT2D eigenvalue weighted by Gasteiger charge is 2.17. The predicted molar refractivity (Wildman–Crippen MR) is 64.9 cm³/mol. The number of rotatable bonds is 5. The quantitative estimate of drug-likeness (QED) is 0.805. The van der Waals surface area contributed by atoms with Crippen molar-refractivity contribution in [1.29, 1.82) is 0 Å². The molecular formula is C14H20FN. The van der Waals surface area contributed by atoms with Crippen molar-refractivity contribution in [3.8, 4) is 0 Å². The molecule has 1 unspecified atom stereocenters. The molecule has 2 rings (SSSR count). The zero-order chi connectivity index (χ0) is 11.4. The SMILES string of the molecule is CC(CNC1CCC1)Cc1cccc(F)c1. The molecule has 1 aromatic rings. The number of benzene rings is 1. The maximum atomic E-state index is 13.0. The van der Waals surface area contributed by atoms with Crippen LogP contribution in [0.4, 0.5) is 4.39 Å². The Morgan fingerprint density at radius 1 is 1.44 bits per heavy atom. The fourth-order valence-electron chi connectivity index (χ4n) is 2.12. The molecule has 2 heteroatoms. The minimum absolute atomic E-state index is 0.128. The molecule has 1 nitrogen and oxygen atoms in total. The van der Waals surface area contributed by atoms with E-state index in [1.54, 1.807) is 12.1 Å². The van der Waals surface area contributed by atoms with Crippen LogP contribution in [-0.4, -0.2) is 12.6 Å². The Labute approximate surface area is 97.1 Å². The largest absolute Gasteiger partial charge is 0.314 e. The molecule has 1 saturated carbocycles. The molecule has 0 bridgehead atoms. The second-order valence-corrected chi connectivity index (χ2v) is 4.98. The van der Waals surface area contributed by atoms with E-state index in [4.69, 9.17) is 0 Å². The maximum Gasteiger partial charge on any atom is 0.123 e. The molecular weight excluding hydrogens is 201 g/mol. The molecule has 1 aliphatic carbocycles. The van der Waals surface area contributed by atoms with E-state index in [1.807, 2.05) is 6.07 Å². The number of nitrogens with one attached hydrogen (secondary N) is 1. The first-order valence-electron chi connectivity index (χ1n) is 6.22. The molecule has 1 fully saturated rings. The van der Waals surface area contributed by atoms with Gasteiger partial charge in [0, 0.05) is 6.04 Å². The van der Waals surface area contributed by atoms with Crippen molar-refractivity contribution in [2.75, 3.05) is 6.54 Å². The first-order chi connectivity index (χ1) is 7.74. The summed E-state index contributed by atoms with van der Waals surface area (Å²) in [5.74, 6) is 0.444. The van der Waals surface area contributed by atoms with Crippen LogP contribution < -0.4 is 5.32 Å². The van der Waals surface area contributed by atoms with E-state index in [-0.39, 0.29) is 5.82 Å². The highest BCUT2D eigenvalue weighted by atomic mass is 19.1. The smallest absolute Gasteiger partial charge is 0.123 e. The van der Waals surface area contributed by atoms with Gasteiger partial charge in [0.15, 0.2) is 0 Å². The van der Waals surface area contributed by atoms with Crippen molar-refractivity contribution in [3.63, 3.8) is 0 Å². The molecule has 88 valence electrons. The van der Waals surface area contributed by atoms with E-state index in [0.717, 1.165) is 24.6 Å². The van der Waals surface area contributed by atoms with Gasteiger partial charge in [-0.25, -0.2) is 4.39 Å². The average molecular weight is 221 g/mol. The average Bonchev–Trinajstić information content (AvgIpc) is 2.15. The standard InChI is InChI=1S/C14H20FN/c1-11(10-16-14-6-3-7-14)8-12-4-2-5-13(15)9-12/h2,4-5,9,11,14,16H,3,6-8,10H2,1H3. The van der Waals surface area contributed by atoms with Gasteiger partial charge in [0.25, 0.3) is 0 Å². The fourth-order valence-corrected chi connectivity index (χ4v) is 2.12. The Hall–Kier alpha value is -0.890. The van der Waals surface area contributed by atoms with Gasteiger partial charge < -0.3 is 5.32 Å². The summed E-state index contributed by atoms with van der Waals surface area (Å²) in [6.45, 7) is 3.26. The molecule has 16 heavy (non-hydrogen) atoms. The Morgan fingerprint density at radius 2 is 2.25 bits per heavy atom. The summed E-state index contributed by atoms with van der Waals surface area (Å²) >= 11 is 0. The first-order valence-corrected chi connectivity index (χ1v) is 6.22. The van der Waals surface area contributed by atoms with Crippen LogP contribution in [0.3, 0.4) is 0 Å². The van der Waals surface area contributed by atoms with Crippen molar-refractivity contribution in [1.82, 2.24) is 5.32 Å². The van der Waals surface area contributed by atoms with Gasteiger partial charge in [0.2, 0.25) is 0 Å². The van der Waals surface area contributed by atoms with Crippen LogP contribution >= 0.6 is 0 Å². The molecule has 1 N–H and O–H groups in total. The molecule has 0 heterocycles. The second kappa shape index (κ2) is 5.44. The minimum atomic E-state index is -0.128. The molecule has 1 atom stereocenters. The van der Waals surface area contributed by atoms with Gasteiger partial charge in [0.1, 0.15) is 5.82 Å². The Balaban J connectivity index is 1.75. The number of hydrogen-bond acceptors (Lipinski definition) is 1. The fraction of sp³-hybridized carbons (Fsp3) is 0.571. The van der Waals surface area contributed by atoms with E-state index in [9.17, 15) is 4.39 Å². The summed E-state index contributed by atoms with van der Waals surface area (Å²) in [5, 5.41) is 3.56. The number of hydrogen-bond donors (Lipinski definition) is 1. The minimum Gasteiger partial charge on any atom is -0.314 e. The summed E-state index contributed by atoms with van der Waals surface area (Å²) in [4.78, 5) is 0. The third-order valence-electron chi connectivity index (χ3n) is 3.33. The van der Waals surface area contributed by atoms with Gasteiger partial charge in [-0.05, 0) is 49.4 Å². The van der Waals surface area contributed by atoms with Crippen LogP contribution in [0.5, 0.6) is 0 Å². The second-order valence-electron chi connectivity index (χ2n) is 4.98. The monoisotopic (exact) mass is 221 g/mol. The van der Waals surface area contributed by atoms with E-state index in [2.05, 4.69) is 12.2 Å². The van der Waals surface area contributed by atoms with Crippen LogP contribution in [0.15, 0.2) is 24.3 Å². The third kappa shape index (κ3) is 3.31. The molecule has 0 amide bonds. The van der Waals surface area contributed by atoms with Gasteiger partial charge in [0.05, 0.1) is 0 Å².